The standard InChI is InChI=1S/C10H10ClNO/c11-5-9(12)8-6-13-10-4-2-1-3-7(8)10/h1-4,6,9H,5,12H2. The number of hydrogen-bond donors (Lipinski definition) is 1. The Morgan fingerprint density at radius 2 is 2.15 bits per heavy atom. The molecule has 0 fully saturated rings. The van der Waals surface area contributed by atoms with E-state index in [0.29, 0.717) is 5.88 Å². The lowest BCUT2D eigenvalue weighted by Gasteiger charge is -2.03. The Bertz CT molecular complexity index is 410. The van der Waals surface area contributed by atoms with Crippen LogP contribution in [-0.2, 0) is 0 Å². The van der Waals surface area contributed by atoms with Crippen LogP contribution in [0.25, 0.3) is 11.0 Å². The lowest BCUT2D eigenvalue weighted by molar-refractivity contribution is 0.605. The minimum absolute atomic E-state index is 0.148. The summed E-state index contributed by atoms with van der Waals surface area (Å²) in [5.41, 5.74) is 7.65. The van der Waals surface area contributed by atoms with E-state index in [0.717, 1.165) is 16.5 Å². The highest BCUT2D eigenvalue weighted by molar-refractivity contribution is 6.18. The predicted octanol–water partition coefficient (Wildman–Crippen LogP) is 2.67. The Balaban J connectivity index is 2.57. The minimum atomic E-state index is -0.148. The second-order valence-corrected chi connectivity index (χ2v) is 3.26. The van der Waals surface area contributed by atoms with E-state index in [1.165, 1.54) is 0 Å². The number of benzene rings is 1. The van der Waals surface area contributed by atoms with E-state index in [-0.39, 0.29) is 6.04 Å². The molecule has 0 spiro atoms. The van der Waals surface area contributed by atoms with Gasteiger partial charge in [0.05, 0.1) is 6.26 Å². The number of fused-ring (bicyclic) bond motifs is 1. The maximum Gasteiger partial charge on any atom is 0.134 e. The monoisotopic (exact) mass is 195 g/mol. The third-order valence-electron chi connectivity index (χ3n) is 2.08. The zero-order valence-electron chi connectivity index (χ0n) is 7.03. The van der Waals surface area contributed by atoms with E-state index in [1.807, 2.05) is 24.3 Å². The molecule has 1 atom stereocenters. The van der Waals surface area contributed by atoms with Crippen LogP contribution in [0.3, 0.4) is 0 Å². The van der Waals surface area contributed by atoms with Gasteiger partial charge in [0, 0.05) is 22.9 Å². The topological polar surface area (TPSA) is 39.2 Å². The fraction of sp³-hybridized carbons (Fsp3) is 0.200. The Hall–Kier alpha value is -0.990. The number of furan rings is 1. The van der Waals surface area contributed by atoms with E-state index in [2.05, 4.69) is 0 Å². The first kappa shape index (κ1) is 8.60. The lowest BCUT2D eigenvalue weighted by Crippen LogP contribution is -2.10. The van der Waals surface area contributed by atoms with Gasteiger partial charge in [0.15, 0.2) is 0 Å². The van der Waals surface area contributed by atoms with Gasteiger partial charge in [0.25, 0.3) is 0 Å². The first-order valence-corrected chi connectivity index (χ1v) is 4.64. The summed E-state index contributed by atoms with van der Waals surface area (Å²) in [6.45, 7) is 0. The van der Waals surface area contributed by atoms with Crippen LogP contribution in [0.4, 0.5) is 0 Å². The van der Waals surface area contributed by atoms with Crippen LogP contribution in [-0.4, -0.2) is 5.88 Å². The van der Waals surface area contributed by atoms with Gasteiger partial charge in [-0.1, -0.05) is 18.2 Å². The number of nitrogens with two attached hydrogens (primary N) is 1. The van der Waals surface area contributed by atoms with Gasteiger partial charge in [-0.3, -0.25) is 0 Å². The zero-order chi connectivity index (χ0) is 9.26. The molecule has 1 unspecified atom stereocenters. The van der Waals surface area contributed by atoms with Gasteiger partial charge in [0.2, 0.25) is 0 Å². The van der Waals surface area contributed by atoms with Gasteiger partial charge in [0.1, 0.15) is 5.58 Å². The van der Waals surface area contributed by atoms with Gasteiger partial charge in [-0.25, -0.2) is 0 Å². The van der Waals surface area contributed by atoms with Gasteiger partial charge < -0.3 is 10.2 Å². The summed E-state index contributed by atoms with van der Waals surface area (Å²) in [6, 6.07) is 7.65. The molecule has 0 aliphatic rings. The van der Waals surface area contributed by atoms with Crippen molar-refractivity contribution < 1.29 is 4.42 Å². The van der Waals surface area contributed by atoms with Crippen LogP contribution >= 0.6 is 11.6 Å². The average Bonchev–Trinajstić information content (AvgIpc) is 2.60. The smallest absolute Gasteiger partial charge is 0.134 e. The summed E-state index contributed by atoms with van der Waals surface area (Å²) in [6.07, 6.45) is 1.68. The van der Waals surface area contributed by atoms with Crippen molar-refractivity contribution >= 4 is 22.6 Å². The van der Waals surface area contributed by atoms with E-state index < -0.39 is 0 Å². The van der Waals surface area contributed by atoms with Crippen molar-refractivity contribution in [3.05, 3.63) is 36.1 Å². The molecule has 0 aliphatic carbocycles. The minimum Gasteiger partial charge on any atom is -0.464 e. The van der Waals surface area contributed by atoms with Crippen molar-refractivity contribution in [3.8, 4) is 0 Å². The largest absolute Gasteiger partial charge is 0.464 e. The van der Waals surface area contributed by atoms with Crippen molar-refractivity contribution in [1.82, 2.24) is 0 Å². The highest BCUT2D eigenvalue weighted by Gasteiger charge is 2.11. The van der Waals surface area contributed by atoms with Gasteiger partial charge in [-0.05, 0) is 6.07 Å². The van der Waals surface area contributed by atoms with E-state index in [9.17, 15) is 0 Å². The maximum atomic E-state index is 5.81. The Labute approximate surface area is 81.3 Å². The molecule has 0 amide bonds. The lowest BCUT2D eigenvalue weighted by atomic mass is 10.1. The first-order valence-electron chi connectivity index (χ1n) is 4.10. The molecule has 1 heterocycles. The van der Waals surface area contributed by atoms with Crippen LogP contribution in [0.1, 0.15) is 11.6 Å². The third kappa shape index (κ3) is 1.43. The summed E-state index contributed by atoms with van der Waals surface area (Å²) in [5, 5.41) is 1.05. The number of alkyl halides is 1. The molecule has 0 saturated heterocycles. The highest BCUT2D eigenvalue weighted by Crippen LogP contribution is 2.25. The Kier molecular flexibility index (Phi) is 2.25. The number of halogens is 1. The molecule has 0 radical (unpaired) electrons. The molecule has 2 rings (SSSR count). The zero-order valence-corrected chi connectivity index (χ0v) is 7.79. The number of rotatable bonds is 2. The molecule has 13 heavy (non-hydrogen) atoms. The third-order valence-corrected chi connectivity index (χ3v) is 2.41. The Morgan fingerprint density at radius 3 is 2.92 bits per heavy atom. The van der Waals surface area contributed by atoms with E-state index in [4.69, 9.17) is 21.8 Å². The van der Waals surface area contributed by atoms with E-state index in [1.54, 1.807) is 6.26 Å². The summed E-state index contributed by atoms with van der Waals surface area (Å²) in [7, 11) is 0. The Morgan fingerprint density at radius 1 is 1.38 bits per heavy atom. The van der Waals surface area contributed by atoms with Gasteiger partial charge in [-0.2, -0.15) is 0 Å². The summed E-state index contributed by atoms with van der Waals surface area (Å²) >= 11 is 5.68. The van der Waals surface area contributed by atoms with Crippen LogP contribution in [0, 0.1) is 0 Å². The molecule has 2 aromatic rings. The van der Waals surface area contributed by atoms with Crippen LogP contribution in [0.2, 0.25) is 0 Å². The molecule has 1 aromatic carbocycles. The molecule has 0 bridgehead atoms. The van der Waals surface area contributed by atoms with Crippen molar-refractivity contribution in [3.63, 3.8) is 0 Å². The second-order valence-electron chi connectivity index (χ2n) is 2.95. The fourth-order valence-electron chi connectivity index (χ4n) is 1.37. The fourth-order valence-corrected chi connectivity index (χ4v) is 1.53. The number of hydrogen-bond acceptors (Lipinski definition) is 2. The van der Waals surface area contributed by atoms with Crippen molar-refractivity contribution in [2.75, 3.05) is 5.88 Å². The van der Waals surface area contributed by atoms with Crippen molar-refractivity contribution in [2.45, 2.75) is 6.04 Å². The maximum absolute atomic E-state index is 5.81. The van der Waals surface area contributed by atoms with Crippen molar-refractivity contribution in [1.29, 1.82) is 0 Å². The van der Waals surface area contributed by atoms with Crippen molar-refractivity contribution in [2.24, 2.45) is 5.73 Å². The summed E-state index contributed by atoms with van der Waals surface area (Å²) < 4.78 is 5.33. The van der Waals surface area contributed by atoms with Gasteiger partial charge in [-0.15, -0.1) is 11.6 Å². The summed E-state index contributed by atoms with van der Waals surface area (Å²) in [5.74, 6) is 0.406. The quantitative estimate of drug-likeness (QED) is 0.749. The molecule has 0 aliphatic heterocycles. The van der Waals surface area contributed by atoms with Crippen LogP contribution in [0.5, 0.6) is 0 Å². The van der Waals surface area contributed by atoms with Crippen LogP contribution < -0.4 is 5.73 Å². The predicted molar refractivity (Wildman–Crippen MR) is 53.9 cm³/mol. The molecular formula is C10H10ClNO. The first-order chi connectivity index (χ1) is 6.33. The molecule has 3 heteroatoms. The highest BCUT2D eigenvalue weighted by atomic mass is 35.5. The molecule has 0 saturated carbocycles. The number of para-hydroxylation sites is 1. The van der Waals surface area contributed by atoms with Gasteiger partial charge >= 0.3 is 0 Å². The van der Waals surface area contributed by atoms with E-state index >= 15 is 0 Å². The summed E-state index contributed by atoms with van der Waals surface area (Å²) in [4.78, 5) is 0. The average molecular weight is 196 g/mol. The molecular weight excluding hydrogens is 186 g/mol. The molecule has 2 N–H and O–H groups in total. The SMILES string of the molecule is NC(CCl)c1coc2ccccc12. The van der Waals surface area contributed by atoms with Crippen LogP contribution in [0.15, 0.2) is 34.9 Å². The molecule has 1 aromatic heterocycles. The normalized spacial score (nSPS) is 13.4. The molecule has 68 valence electrons. The molecule has 2 nitrogen and oxygen atoms in total. The second kappa shape index (κ2) is 3.40.